The number of anilines is 1. The Hall–Kier alpha value is -0.810. The molecule has 0 fully saturated rings. The Bertz CT molecular complexity index is 271. The molecular formula is C6H12ClN5. The fourth-order valence-corrected chi connectivity index (χ4v) is 1.28. The van der Waals surface area contributed by atoms with Crippen LogP contribution in [-0.4, -0.2) is 33.3 Å². The van der Waals surface area contributed by atoms with E-state index in [9.17, 15) is 0 Å². The van der Waals surface area contributed by atoms with Crippen molar-refractivity contribution < 1.29 is 0 Å². The maximum Gasteiger partial charge on any atom is 0.239 e. The van der Waals surface area contributed by atoms with Crippen LogP contribution in [0.2, 0.25) is 0 Å². The molecule has 0 spiro atoms. The lowest BCUT2D eigenvalue weighted by Crippen LogP contribution is -2.30. The first kappa shape index (κ1) is 9.28. The third kappa shape index (κ3) is 1.51. The van der Waals surface area contributed by atoms with Crippen molar-refractivity contribution in [2.24, 2.45) is 0 Å². The van der Waals surface area contributed by atoms with Crippen molar-refractivity contribution in [3.63, 3.8) is 0 Å². The molecule has 2 N–H and O–H groups in total. The summed E-state index contributed by atoms with van der Waals surface area (Å²) < 4.78 is 1.87. The fourth-order valence-electron chi connectivity index (χ4n) is 1.28. The SMILES string of the molecule is CN1CCn2nc(N)nc2C1.Cl. The van der Waals surface area contributed by atoms with Gasteiger partial charge in [0.05, 0.1) is 13.1 Å². The van der Waals surface area contributed by atoms with Gasteiger partial charge in [-0.1, -0.05) is 0 Å². The van der Waals surface area contributed by atoms with Crippen LogP contribution in [0.15, 0.2) is 0 Å². The lowest BCUT2D eigenvalue weighted by Gasteiger charge is -2.21. The molecule has 0 radical (unpaired) electrons. The van der Waals surface area contributed by atoms with Gasteiger partial charge >= 0.3 is 0 Å². The Morgan fingerprint density at radius 3 is 2.92 bits per heavy atom. The molecule has 1 aromatic rings. The highest BCUT2D eigenvalue weighted by Crippen LogP contribution is 2.08. The van der Waals surface area contributed by atoms with Crippen LogP contribution in [0.3, 0.4) is 0 Å². The van der Waals surface area contributed by atoms with Crippen LogP contribution in [0.25, 0.3) is 0 Å². The second-order valence-corrected chi connectivity index (χ2v) is 2.85. The van der Waals surface area contributed by atoms with E-state index in [2.05, 4.69) is 22.0 Å². The van der Waals surface area contributed by atoms with E-state index in [0.29, 0.717) is 5.95 Å². The van der Waals surface area contributed by atoms with E-state index in [1.165, 1.54) is 0 Å². The second kappa shape index (κ2) is 3.28. The highest BCUT2D eigenvalue weighted by molar-refractivity contribution is 5.85. The molecule has 2 heterocycles. The quantitative estimate of drug-likeness (QED) is 0.611. The first-order chi connectivity index (χ1) is 5.25. The van der Waals surface area contributed by atoms with Gasteiger partial charge in [0.2, 0.25) is 5.95 Å². The Balaban J connectivity index is 0.000000720. The molecule has 0 aliphatic carbocycles. The number of aromatic nitrogens is 3. The molecule has 1 aliphatic rings. The molecule has 0 saturated carbocycles. The molecule has 1 aromatic heterocycles. The molecule has 0 saturated heterocycles. The number of nitrogens with zero attached hydrogens (tertiary/aromatic N) is 4. The number of likely N-dealkylation sites (N-methyl/N-ethyl adjacent to an activating group) is 1. The topological polar surface area (TPSA) is 60.0 Å². The Morgan fingerprint density at radius 1 is 1.42 bits per heavy atom. The summed E-state index contributed by atoms with van der Waals surface area (Å²) in [5, 5.41) is 4.04. The Kier molecular flexibility index (Phi) is 2.54. The van der Waals surface area contributed by atoms with Crippen LogP contribution in [0.1, 0.15) is 5.82 Å². The van der Waals surface area contributed by atoms with E-state index in [1.54, 1.807) is 0 Å². The van der Waals surface area contributed by atoms with Gasteiger partial charge in [0.25, 0.3) is 0 Å². The minimum atomic E-state index is 0. The van der Waals surface area contributed by atoms with Crippen LogP contribution in [0.4, 0.5) is 5.95 Å². The number of nitrogen functional groups attached to an aromatic ring is 1. The minimum absolute atomic E-state index is 0. The summed E-state index contributed by atoms with van der Waals surface area (Å²) in [5.41, 5.74) is 5.44. The van der Waals surface area contributed by atoms with Crippen LogP contribution in [0.5, 0.6) is 0 Å². The third-order valence-electron chi connectivity index (χ3n) is 1.87. The zero-order valence-electron chi connectivity index (χ0n) is 6.90. The van der Waals surface area contributed by atoms with E-state index in [1.807, 2.05) is 4.68 Å². The first-order valence-electron chi connectivity index (χ1n) is 3.63. The lowest BCUT2D eigenvalue weighted by molar-refractivity contribution is 0.254. The van der Waals surface area contributed by atoms with Gasteiger partial charge in [0, 0.05) is 6.54 Å². The number of rotatable bonds is 0. The smallest absolute Gasteiger partial charge is 0.239 e. The van der Waals surface area contributed by atoms with Crippen molar-refractivity contribution in [1.29, 1.82) is 0 Å². The molecule has 1 aliphatic heterocycles. The summed E-state index contributed by atoms with van der Waals surface area (Å²) >= 11 is 0. The van der Waals surface area contributed by atoms with Crippen molar-refractivity contribution in [2.75, 3.05) is 19.3 Å². The molecule has 5 nitrogen and oxygen atoms in total. The standard InChI is InChI=1S/C6H11N5.ClH/c1-10-2-3-11-5(4-10)8-6(7)9-11;/h2-4H2,1H3,(H2,7,9);1H. The zero-order chi connectivity index (χ0) is 7.84. The van der Waals surface area contributed by atoms with Crippen molar-refractivity contribution in [3.8, 4) is 0 Å². The number of nitrogens with two attached hydrogens (primary N) is 1. The summed E-state index contributed by atoms with van der Waals surface area (Å²) in [6.45, 7) is 2.77. The van der Waals surface area contributed by atoms with Crippen molar-refractivity contribution in [1.82, 2.24) is 19.7 Å². The summed E-state index contributed by atoms with van der Waals surface area (Å²) in [6.07, 6.45) is 0. The molecule has 0 aromatic carbocycles. The molecule has 0 bridgehead atoms. The van der Waals surface area contributed by atoms with Gasteiger partial charge in [-0.05, 0) is 7.05 Å². The second-order valence-electron chi connectivity index (χ2n) is 2.85. The van der Waals surface area contributed by atoms with Gasteiger partial charge in [-0.2, -0.15) is 4.98 Å². The number of halogens is 1. The predicted octanol–water partition coefficient (Wildman–Crippen LogP) is -0.272. The molecule has 0 atom stereocenters. The van der Waals surface area contributed by atoms with Crippen LogP contribution < -0.4 is 5.73 Å². The molecule has 0 unspecified atom stereocenters. The summed E-state index contributed by atoms with van der Waals surface area (Å²) in [7, 11) is 2.06. The van der Waals surface area contributed by atoms with Gasteiger partial charge in [0.1, 0.15) is 5.82 Å². The summed E-state index contributed by atoms with van der Waals surface area (Å²) in [5.74, 6) is 1.35. The predicted molar refractivity (Wildman–Crippen MR) is 48.0 cm³/mol. The molecule has 12 heavy (non-hydrogen) atoms. The first-order valence-corrected chi connectivity index (χ1v) is 3.63. The molecule has 68 valence electrons. The lowest BCUT2D eigenvalue weighted by atomic mass is 10.4. The normalized spacial score (nSPS) is 16.8. The summed E-state index contributed by atoms with van der Waals surface area (Å²) in [4.78, 5) is 6.29. The van der Waals surface area contributed by atoms with Crippen molar-refractivity contribution in [2.45, 2.75) is 13.1 Å². The van der Waals surface area contributed by atoms with E-state index < -0.39 is 0 Å². The minimum Gasteiger partial charge on any atom is -0.366 e. The van der Waals surface area contributed by atoms with Gasteiger partial charge in [-0.25, -0.2) is 4.68 Å². The fraction of sp³-hybridized carbons (Fsp3) is 0.667. The van der Waals surface area contributed by atoms with E-state index in [-0.39, 0.29) is 12.4 Å². The van der Waals surface area contributed by atoms with Gasteiger partial charge < -0.3 is 5.73 Å². The van der Waals surface area contributed by atoms with Gasteiger partial charge in [-0.3, -0.25) is 4.90 Å². The number of hydrogen-bond donors (Lipinski definition) is 1. The van der Waals surface area contributed by atoms with E-state index in [4.69, 9.17) is 5.73 Å². The third-order valence-corrected chi connectivity index (χ3v) is 1.87. The summed E-state index contributed by atoms with van der Waals surface area (Å²) in [6, 6.07) is 0. The van der Waals surface area contributed by atoms with Gasteiger partial charge in [0.15, 0.2) is 0 Å². The maximum absolute atomic E-state index is 5.44. The van der Waals surface area contributed by atoms with Crippen LogP contribution in [-0.2, 0) is 13.1 Å². The number of hydrogen-bond acceptors (Lipinski definition) is 4. The zero-order valence-corrected chi connectivity index (χ0v) is 7.71. The largest absolute Gasteiger partial charge is 0.366 e. The monoisotopic (exact) mass is 189 g/mol. The van der Waals surface area contributed by atoms with Crippen LogP contribution >= 0.6 is 12.4 Å². The number of fused-ring (bicyclic) bond motifs is 1. The molecule has 0 amide bonds. The average molecular weight is 190 g/mol. The average Bonchev–Trinajstić information content (AvgIpc) is 2.27. The molecular weight excluding hydrogens is 178 g/mol. The van der Waals surface area contributed by atoms with Crippen LogP contribution in [0, 0.1) is 0 Å². The van der Waals surface area contributed by atoms with E-state index >= 15 is 0 Å². The van der Waals surface area contributed by atoms with Crippen molar-refractivity contribution in [3.05, 3.63) is 5.82 Å². The van der Waals surface area contributed by atoms with E-state index in [0.717, 1.165) is 25.5 Å². The Morgan fingerprint density at radius 2 is 2.17 bits per heavy atom. The maximum atomic E-state index is 5.44. The molecule has 6 heteroatoms. The highest BCUT2D eigenvalue weighted by atomic mass is 35.5. The van der Waals surface area contributed by atoms with Gasteiger partial charge in [-0.15, -0.1) is 17.5 Å². The highest BCUT2D eigenvalue weighted by Gasteiger charge is 2.15. The Labute approximate surface area is 77.0 Å². The van der Waals surface area contributed by atoms with Crippen molar-refractivity contribution >= 4 is 18.4 Å². The molecule has 2 rings (SSSR count).